The van der Waals surface area contributed by atoms with Crippen LogP contribution in [0.3, 0.4) is 0 Å². The monoisotopic (exact) mass is 308 g/mol. The second kappa shape index (κ2) is 4.56. The van der Waals surface area contributed by atoms with Gasteiger partial charge in [-0.3, -0.25) is 18.5 Å². The van der Waals surface area contributed by atoms with Gasteiger partial charge in [0.2, 0.25) is 5.28 Å². The Morgan fingerprint density at radius 2 is 1.90 bits per heavy atom. The average molecular weight is 309 g/mol. The van der Waals surface area contributed by atoms with Crippen LogP contribution < -0.4 is 11.2 Å². The lowest BCUT2D eigenvalue weighted by Crippen LogP contribution is -2.37. The molecule has 6 nitrogen and oxygen atoms in total. The average Bonchev–Trinajstić information content (AvgIpc) is 2.80. The molecule has 0 atom stereocenters. The van der Waals surface area contributed by atoms with Crippen LogP contribution in [-0.4, -0.2) is 18.7 Å². The van der Waals surface area contributed by atoms with Crippen LogP contribution >= 0.6 is 11.6 Å². The number of halogens is 2. The predicted octanol–water partition coefficient (Wildman–Crippen LogP) is 1.22. The number of aromatic nitrogens is 4. The SMILES string of the molecule is Cn1c(=O)c2c(nc(Cl)n2-c2cccc(F)c2)n(C)c1=O. The Hall–Kier alpha value is -2.41. The highest BCUT2D eigenvalue weighted by Gasteiger charge is 2.19. The number of imidazole rings is 1. The summed E-state index contributed by atoms with van der Waals surface area (Å²) in [6.45, 7) is 0. The van der Waals surface area contributed by atoms with Crippen molar-refractivity contribution in [1.29, 1.82) is 0 Å². The summed E-state index contributed by atoms with van der Waals surface area (Å²) in [6.07, 6.45) is 0. The van der Waals surface area contributed by atoms with Gasteiger partial charge in [-0.1, -0.05) is 6.07 Å². The topological polar surface area (TPSA) is 61.8 Å². The van der Waals surface area contributed by atoms with E-state index in [4.69, 9.17) is 11.6 Å². The molecule has 2 aromatic heterocycles. The zero-order chi connectivity index (χ0) is 15.3. The molecule has 0 spiro atoms. The van der Waals surface area contributed by atoms with E-state index < -0.39 is 17.1 Å². The summed E-state index contributed by atoms with van der Waals surface area (Å²) in [5.41, 5.74) is -0.421. The second-order valence-corrected chi connectivity index (χ2v) is 4.91. The molecule has 2 heterocycles. The minimum atomic E-state index is -0.545. The number of nitrogens with zero attached hydrogens (tertiary/aromatic N) is 4. The first-order valence-corrected chi connectivity index (χ1v) is 6.39. The molecule has 0 unspecified atom stereocenters. The maximum absolute atomic E-state index is 13.4. The summed E-state index contributed by atoms with van der Waals surface area (Å²) in [5, 5.41) is -0.0195. The molecule has 0 N–H and O–H groups in total. The second-order valence-electron chi connectivity index (χ2n) is 4.57. The fraction of sp³-hybridized carbons (Fsp3) is 0.154. The van der Waals surface area contributed by atoms with Crippen molar-refractivity contribution in [3.05, 3.63) is 56.2 Å². The molecule has 108 valence electrons. The van der Waals surface area contributed by atoms with Crippen LogP contribution in [-0.2, 0) is 14.1 Å². The van der Waals surface area contributed by atoms with Crippen LogP contribution in [0.25, 0.3) is 16.9 Å². The van der Waals surface area contributed by atoms with Crippen LogP contribution in [0, 0.1) is 5.82 Å². The zero-order valence-electron chi connectivity index (χ0n) is 11.2. The van der Waals surface area contributed by atoms with E-state index in [0.29, 0.717) is 5.69 Å². The molecule has 21 heavy (non-hydrogen) atoms. The lowest BCUT2D eigenvalue weighted by Gasteiger charge is -2.07. The molecule has 3 rings (SSSR count). The van der Waals surface area contributed by atoms with Gasteiger partial charge in [-0.25, -0.2) is 9.18 Å². The fourth-order valence-corrected chi connectivity index (χ4v) is 2.48. The van der Waals surface area contributed by atoms with Crippen molar-refractivity contribution in [3.8, 4) is 5.69 Å². The largest absolute Gasteiger partial charge is 0.332 e. The molecule has 0 bridgehead atoms. The van der Waals surface area contributed by atoms with Gasteiger partial charge in [0, 0.05) is 14.1 Å². The normalized spacial score (nSPS) is 11.2. The van der Waals surface area contributed by atoms with Crippen molar-refractivity contribution in [1.82, 2.24) is 18.7 Å². The molecule has 0 radical (unpaired) electrons. The number of hydrogen-bond donors (Lipinski definition) is 0. The molecule has 0 aliphatic rings. The van der Waals surface area contributed by atoms with E-state index in [2.05, 4.69) is 4.98 Å². The van der Waals surface area contributed by atoms with E-state index in [1.807, 2.05) is 0 Å². The minimum absolute atomic E-state index is 0.0195. The third-order valence-corrected chi connectivity index (χ3v) is 3.54. The predicted molar refractivity (Wildman–Crippen MR) is 76.5 cm³/mol. The highest BCUT2D eigenvalue weighted by Crippen LogP contribution is 2.21. The van der Waals surface area contributed by atoms with Gasteiger partial charge in [0.15, 0.2) is 11.2 Å². The van der Waals surface area contributed by atoms with Gasteiger partial charge in [0.25, 0.3) is 5.56 Å². The lowest BCUT2D eigenvalue weighted by atomic mass is 10.3. The molecule has 0 fully saturated rings. The van der Waals surface area contributed by atoms with Gasteiger partial charge in [0.1, 0.15) is 5.82 Å². The van der Waals surface area contributed by atoms with E-state index in [1.54, 1.807) is 6.07 Å². The number of rotatable bonds is 1. The molecule has 0 saturated carbocycles. The van der Waals surface area contributed by atoms with Crippen LogP contribution in [0.1, 0.15) is 0 Å². The Bertz CT molecular complexity index is 986. The fourth-order valence-electron chi connectivity index (χ4n) is 2.22. The quantitative estimate of drug-likeness (QED) is 0.635. The van der Waals surface area contributed by atoms with E-state index in [1.165, 1.54) is 41.4 Å². The van der Waals surface area contributed by atoms with Crippen LogP contribution in [0.4, 0.5) is 4.39 Å². The Morgan fingerprint density at radius 1 is 1.19 bits per heavy atom. The van der Waals surface area contributed by atoms with E-state index in [9.17, 15) is 14.0 Å². The Morgan fingerprint density at radius 3 is 2.57 bits per heavy atom. The van der Waals surface area contributed by atoms with Crippen LogP contribution in [0.15, 0.2) is 33.9 Å². The van der Waals surface area contributed by atoms with Crippen molar-refractivity contribution in [2.45, 2.75) is 0 Å². The number of aryl methyl sites for hydroxylation is 1. The molecule has 0 aliphatic carbocycles. The van der Waals surface area contributed by atoms with Gasteiger partial charge in [-0.05, 0) is 29.8 Å². The Balaban J connectivity index is 2.53. The molecule has 0 amide bonds. The van der Waals surface area contributed by atoms with Crippen molar-refractivity contribution < 1.29 is 4.39 Å². The molecule has 0 aliphatic heterocycles. The minimum Gasteiger partial charge on any atom is -0.279 e. The maximum atomic E-state index is 13.4. The van der Waals surface area contributed by atoms with Gasteiger partial charge in [0.05, 0.1) is 5.69 Å². The van der Waals surface area contributed by atoms with Crippen molar-refractivity contribution in [2.24, 2.45) is 14.1 Å². The first-order valence-electron chi connectivity index (χ1n) is 6.01. The highest BCUT2D eigenvalue weighted by atomic mass is 35.5. The van der Waals surface area contributed by atoms with Crippen LogP contribution in [0.5, 0.6) is 0 Å². The third-order valence-electron chi connectivity index (χ3n) is 3.28. The molecular formula is C13H10ClFN4O2. The smallest absolute Gasteiger partial charge is 0.279 e. The van der Waals surface area contributed by atoms with E-state index >= 15 is 0 Å². The third kappa shape index (κ3) is 1.89. The summed E-state index contributed by atoms with van der Waals surface area (Å²) >= 11 is 6.07. The van der Waals surface area contributed by atoms with E-state index in [-0.39, 0.29) is 16.4 Å². The molecule has 8 heteroatoms. The standard InChI is InChI=1S/C13H10ClFN4O2/c1-17-10-9(11(20)18(2)13(17)21)19(12(14)16-10)8-5-3-4-7(15)6-8/h3-6H,1-2H3. The number of hydrogen-bond acceptors (Lipinski definition) is 3. The molecular weight excluding hydrogens is 299 g/mol. The summed E-state index contributed by atoms with van der Waals surface area (Å²) in [5.74, 6) is -0.466. The van der Waals surface area contributed by atoms with Crippen molar-refractivity contribution >= 4 is 22.8 Å². The summed E-state index contributed by atoms with van der Waals surface area (Å²) in [7, 11) is 2.85. The summed E-state index contributed by atoms with van der Waals surface area (Å²) in [6, 6.07) is 5.61. The zero-order valence-corrected chi connectivity index (χ0v) is 11.9. The summed E-state index contributed by atoms with van der Waals surface area (Å²) in [4.78, 5) is 28.3. The van der Waals surface area contributed by atoms with Gasteiger partial charge in [-0.15, -0.1) is 0 Å². The number of benzene rings is 1. The van der Waals surface area contributed by atoms with Crippen molar-refractivity contribution in [2.75, 3.05) is 0 Å². The number of fused-ring (bicyclic) bond motifs is 1. The molecule has 3 aromatic rings. The molecule has 0 saturated heterocycles. The maximum Gasteiger partial charge on any atom is 0.332 e. The van der Waals surface area contributed by atoms with E-state index in [0.717, 1.165) is 4.57 Å². The lowest BCUT2D eigenvalue weighted by molar-refractivity contribution is 0.626. The van der Waals surface area contributed by atoms with Gasteiger partial charge < -0.3 is 0 Å². The highest BCUT2D eigenvalue weighted by molar-refractivity contribution is 6.29. The molecule has 1 aromatic carbocycles. The Kier molecular flexibility index (Phi) is 2.94. The van der Waals surface area contributed by atoms with Gasteiger partial charge >= 0.3 is 5.69 Å². The van der Waals surface area contributed by atoms with Crippen LogP contribution in [0.2, 0.25) is 5.28 Å². The van der Waals surface area contributed by atoms with Crippen molar-refractivity contribution in [3.63, 3.8) is 0 Å². The summed E-state index contributed by atoms with van der Waals surface area (Å²) < 4.78 is 16.9. The van der Waals surface area contributed by atoms with Gasteiger partial charge in [-0.2, -0.15) is 4.98 Å². The first-order chi connectivity index (χ1) is 9.91. The Labute approximate surface area is 122 Å². The first kappa shape index (κ1) is 13.6.